The number of amides is 2. The number of aryl methyl sites for hydroxylation is 1. The number of carbonyl (C=O) groups is 2. The van der Waals surface area contributed by atoms with Crippen LogP contribution in [0.5, 0.6) is 5.75 Å². The number of thiophene rings is 1. The van der Waals surface area contributed by atoms with Crippen LogP contribution in [0.25, 0.3) is 0 Å². The first kappa shape index (κ1) is 21.8. The SMILES string of the molecule is CCc1c(C)sc(NC(=S)NC(=O)c2ccccc2OCC(C)C)c1C(N)=O. The number of thiocarbonyl (C=S) groups is 1. The first-order valence-electron chi connectivity index (χ1n) is 9.00. The summed E-state index contributed by atoms with van der Waals surface area (Å²) in [4.78, 5) is 25.5. The molecule has 0 aliphatic heterocycles. The van der Waals surface area contributed by atoms with Crippen molar-refractivity contribution in [2.45, 2.75) is 34.1 Å². The predicted octanol–water partition coefficient (Wildman–Crippen LogP) is 3.88. The second-order valence-corrected chi connectivity index (χ2v) is 8.30. The highest BCUT2D eigenvalue weighted by atomic mass is 32.1. The third-order valence-corrected chi connectivity index (χ3v) is 5.23. The molecule has 1 aromatic heterocycles. The topological polar surface area (TPSA) is 93.4 Å². The van der Waals surface area contributed by atoms with E-state index in [2.05, 4.69) is 10.6 Å². The van der Waals surface area contributed by atoms with Crippen molar-refractivity contribution in [3.63, 3.8) is 0 Å². The van der Waals surface area contributed by atoms with Crippen LogP contribution in [-0.4, -0.2) is 23.5 Å². The van der Waals surface area contributed by atoms with E-state index in [-0.39, 0.29) is 11.0 Å². The monoisotopic (exact) mass is 419 g/mol. The summed E-state index contributed by atoms with van der Waals surface area (Å²) >= 11 is 6.65. The molecule has 4 N–H and O–H groups in total. The van der Waals surface area contributed by atoms with Crippen molar-refractivity contribution in [1.29, 1.82) is 0 Å². The van der Waals surface area contributed by atoms with Gasteiger partial charge in [0.25, 0.3) is 11.8 Å². The maximum absolute atomic E-state index is 12.7. The van der Waals surface area contributed by atoms with Crippen LogP contribution in [0.2, 0.25) is 0 Å². The second-order valence-electron chi connectivity index (χ2n) is 6.67. The van der Waals surface area contributed by atoms with Gasteiger partial charge in [0, 0.05) is 4.88 Å². The van der Waals surface area contributed by atoms with Gasteiger partial charge in [0.05, 0.1) is 17.7 Å². The number of anilines is 1. The Morgan fingerprint density at radius 2 is 1.96 bits per heavy atom. The van der Waals surface area contributed by atoms with Gasteiger partial charge in [0.1, 0.15) is 10.8 Å². The molecule has 1 heterocycles. The van der Waals surface area contributed by atoms with Gasteiger partial charge in [-0.2, -0.15) is 0 Å². The Bertz CT molecular complexity index is 891. The molecule has 1 aromatic carbocycles. The molecular formula is C20H25N3O3S2. The summed E-state index contributed by atoms with van der Waals surface area (Å²) in [5.74, 6) is -0.0813. The largest absolute Gasteiger partial charge is 0.492 e. The van der Waals surface area contributed by atoms with Gasteiger partial charge in [-0.05, 0) is 49.2 Å². The van der Waals surface area contributed by atoms with Crippen LogP contribution in [-0.2, 0) is 6.42 Å². The van der Waals surface area contributed by atoms with Crippen molar-refractivity contribution in [1.82, 2.24) is 5.32 Å². The fourth-order valence-electron chi connectivity index (χ4n) is 2.69. The quantitative estimate of drug-likeness (QED) is 0.592. The van der Waals surface area contributed by atoms with Gasteiger partial charge in [-0.3, -0.25) is 14.9 Å². The zero-order valence-electron chi connectivity index (χ0n) is 16.4. The van der Waals surface area contributed by atoms with Crippen molar-refractivity contribution in [3.05, 3.63) is 45.8 Å². The zero-order chi connectivity index (χ0) is 20.8. The van der Waals surface area contributed by atoms with Crippen LogP contribution >= 0.6 is 23.6 Å². The molecule has 150 valence electrons. The Balaban J connectivity index is 2.15. The van der Waals surface area contributed by atoms with Crippen LogP contribution in [0, 0.1) is 12.8 Å². The van der Waals surface area contributed by atoms with E-state index >= 15 is 0 Å². The Morgan fingerprint density at radius 3 is 2.57 bits per heavy atom. The minimum Gasteiger partial charge on any atom is -0.492 e. The third-order valence-electron chi connectivity index (χ3n) is 3.97. The third kappa shape index (κ3) is 5.30. The minimum absolute atomic E-state index is 0.0927. The summed E-state index contributed by atoms with van der Waals surface area (Å²) in [5, 5.41) is 6.21. The van der Waals surface area contributed by atoms with Crippen molar-refractivity contribution in [3.8, 4) is 5.75 Å². The Morgan fingerprint density at radius 1 is 1.29 bits per heavy atom. The summed E-state index contributed by atoms with van der Waals surface area (Å²) in [6.07, 6.45) is 0.683. The highest BCUT2D eigenvalue weighted by Crippen LogP contribution is 2.33. The summed E-state index contributed by atoms with van der Waals surface area (Å²) in [6, 6.07) is 6.99. The number of para-hydroxylation sites is 1. The number of nitrogens with one attached hydrogen (secondary N) is 2. The molecule has 0 fully saturated rings. The number of hydrogen-bond acceptors (Lipinski definition) is 5. The molecule has 0 saturated carbocycles. The molecule has 2 rings (SSSR count). The van der Waals surface area contributed by atoms with E-state index in [1.165, 1.54) is 11.3 Å². The number of nitrogens with two attached hydrogens (primary N) is 1. The van der Waals surface area contributed by atoms with Crippen LogP contribution in [0.3, 0.4) is 0 Å². The fraction of sp³-hybridized carbons (Fsp3) is 0.350. The van der Waals surface area contributed by atoms with Gasteiger partial charge in [-0.25, -0.2) is 0 Å². The van der Waals surface area contributed by atoms with Gasteiger partial charge in [0.15, 0.2) is 5.11 Å². The number of carbonyl (C=O) groups excluding carboxylic acids is 2. The summed E-state index contributed by atoms with van der Waals surface area (Å²) in [6.45, 7) is 8.45. The van der Waals surface area contributed by atoms with E-state index in [1.807, 2.05) is 33.8 Å². The van der Waals surface area contributed by atoms with Gasteiger partial charge >= 0.3 is 0 Å². The van der Waals surface area contributed by atoms with Crippen molar-refractivity contribution < 1.29 is 14.3 Å². The fourth-order valence-corrected chi connectivity index (χ4v) is 4.11. The van der Waals surface area contributed by atoms with E-state index in [4.69, 9.17) is 22.7 Å². The molecule has 28 heavy (non-hydrogen) atoms. The summed E-state index contributed by atoms with van der Waals surface area (Å²) < 4.78 is 5.72. The number of benzene rings is 1. The Hall–Kier alpha value is -2.45. The van der Waals surface area contributed by atoms with Gasteiger partial charge in [-0.1, -0.05) is 32.9 Å². The molecule has 6 nitrogen and oxygen atoms in total. The Kier molecular flexibility index (Phi) is 7.53. The van der Waals surface area contributed by atoms with Gasteiger partial charge in [-0.15, -0.1) is 11.3 Å². The van der Waals surface area contributed by atoms with Crippen LogP contribution < -0.4 is 21.1 Å². The lowest BCUT2D eigenvalue weighted by Gasteiger charge is -2.14. The first-order valence-corrected chi connectivity index (χ1v) is 10.2. The molecule has 8 heteroatoms. The Labute approximate surface area is 174 Å². The molecule has 0 spiro atoms. The lowest BCUT2D eigenvalue weighted by Crippen LogP contribution is -2.34. The normalized spacial score (nSPS) is 10.6. The molecule has 0 aliphatic rings. The number of ether oxygens (including phenoxy) is 1. The van der Waals surface area contributed by atoms with E-state index < -0.39 is 5.91 Å². The van der Waals surface area contributed by atoms with Crippen molar-refractivity contribution in [2.75, 3.05) is 11.9 Å². The van der Waals surface area contributed by atoms with E-state index in [1.54, 1.807) is 18.2 Å². The maximum Gasteiger partial charge on any atom is 0.261 e. The van der Waals surface area contributed by atoms with Crippen LogP contribution in [0.15, 0.2) is 24.3 Å². The molecule has 0 aliphatic carbocycles. The van der Waals surface area contributed by atoms with Crippen LogP contribution in [0.1, 0.15) is 51.9 Å². The van der Waals surface area contributed by atoms with E-state index in [9.17, 15) is 9.59 Å². The lowest BCUT2D eigenvalue weighted by atomic mass is 10.1. The average Bonchev–Trinajstić information content (AvgIpc) is 2.94. The van der Waals surface area contributed by atoms with Gasteiger partial charge < -0.3 is 15.8 Å². The zero-order valence-corrected chi connectivity index (χ0v) is 18.1. The molecule has 0 radical (unpaired) electrons. The first-order chi connectivity index (χ1) is 13.2. The highest BCUT2D eigenvalue weighted by molar-refractivity contribution is 7.80. The summed E-state index contributed by atoms with van der Waals surface area (Å²) in [5.41, 5.74) is 7.23. The second kappa shape index (κ2) is 9.66. The average molecular weight is 420 g/mol. The molecule has 0 saturated heterocycles. The minimum atomic E-state index is -0.523. The van der Waals surface area contributed by atoms with Crippen LogP contribution in [0.4, 0.5) is 5.00 Å². The molecule has 2 amide bonds. The number of primary amides is 1. The van der Waals surface area contributed by atoms with E-state index in [0.717, 1.165) is 10.4 Å². The van der Waals surface area contributed by atoms with E-state index in [0.29, 0.717) is 40.8 Å². The summed E-state index contributed by atoms with van der Waals surface area (Å²) in [7, 11) is 0. The number of rotatable bonds is 7. The molecule has 0 bridgehead atoms. The molecular weight excluding hydrogens is 394 g/mol. The molecule has 2 aromatic rings. The molecule has 0 atom stereocenters. The molecule has 0 unspecified atom stereocenters. The van der Waals surface area contributed by atoms with Crippen molar-refractivity contribution >= 4 is 45.5 Å². The lowest BCUT2D eigenvalue weighted by molar-refractivity contribution is 0.0971. The maximum atomic E-state index is 12.7. The van der Waals surface area contributed by atoms with Crippen molar-refractivity contribution in [2.24, 2.45) is 11.7 Å². The van der Waals surface area contributed by atoms with Gasteiger partial charge in [0.2, 0.25) is 0 Å². The smallest absolute Gasteiger partial charge is 0.261 e. The number of hydrogen-bond donors (Lipinski definition) is 3. The standard InChI is InChI=1S/C20H25N3O3S2/c1-5-13-12(4)28-19(16(13)17(21)24)23-20(27)22-18(25)14-8-6-7-9-15(14)26-10-11(2)3/h6-9,11H,5,10H2,1-4H3,(H2,21,24)(H2,22,23,25,27). The predicted molar refractivity (Wildman–Crippen MR) is 117 cm³/mol. The highest BCUT2D eigenvalue weighted by Gasteiger charge is 2.21.